The molecule has 0 bridgehead atoms. The largest absolute Gasteiger partial charge is 0.478 e. The van der Waals surface area contributed by atoms with Crippen molar-refractivity contribution in [1.82, 2.24) is 0 Å². The van der Waals surface area contributed by atoms with Crippen molar-refractivity contribution in [1.29, 1.82) is 0 Å². The van der Waals surface area contributed by atoms with Gasteiger partial charge in [0.05, 0.1) is 5.92 Å². The molecule has 1 aromatic heterocycles. The summed E-state index contributed by atoms with van der Waals surface area (Å²) < 4.78 is 13.6. The van der Waals surface area contributed by atoms with E-state index in [4.69, 9.17) is 9.15 Å². The van der Waals surface area contributed by atoms with Crippen LogP contribution in [0.5, 0.6) is 5.75 Å². The van der Waals surface area contributed by atoms with E-state index in [1.54, 1.807) is 0 Å². The number of hydrogen-bond donors (Lipinski definition) is 0. The fourth-order valence-electron chi connectivity index (χ4n) is 3.71. The molecule has 2 aliphatic rings. The Bertz CT molecular complexity index is 953. The number of halogens is 1. The van der Waals surface area contributed by atoms with Gasteiger partial charge in [-0.15, -0.1) is 0 Å². The average Bonchev–Trinajstić information content (AvgIpc) is 3.03. The number of fused-ring (bicyclic) bond motifs is 7. The summed E-state index contributed by atoms with van der Waals surface area (Å²) in [6.45, 7) is 2.12. The molecule has 108 valence electrons. The molecule has 0 radical (unpaired) electrons. The molecule has 2 aromatic carbocycles. The van der Waals surface area contributed by atoms with E-state index in [9.17, 15) is 0 Å². The smallest absolute Gasteiger partial charge is 0.174 e. The van der Waals surface area contributed by atoms with Gasteiger partial charge in [-0.25, -0.2) is 0 Å². The zero-order chi connectivity index (χ0) is 14.9. The Morgan fingerprint density at radius 2 is 2.00 bits per heavy atom. The van der Waals surface area contributed by atoms with Gasteiger partial charge in [-0.05, 0) is 31.2 Å². The number of ether oxygens (including phenoxy) is 1. The molecule has 2 nitrogen and oxygen atoms in total. The summed E-state index contributed by atoms with van der Waals surface area (Å²) in [6, 6.07) is 14.3. The standard InChI is InChI=1S/C19H13BrO2/c1-19-15(14-10-11(20)6-9-17(14)22-19)8-7-13-12-4-2-3-5-16(12)21-18(13)19/h2-10,15H,1H3. The van der Waals surface area contributed by atoms with Crippen molar-refractivity contribution in [3.8, 4) is 5.75 Å². The maximum absolute atomic E-state index is 6.34. The Morgan fingerprint density at radius 3 is 2.91 bits per heavy atom. The van der Waals surface area contributed by atoms with E-state index in [-0.39, 0.29) is 5.92 Å². The SMILES string of the molecule is CC12Oc3ccc(Br)cc3C1C=Cc1c2oc2ccccc12. The molecule has 0 saturated heterocycles. The lowest BCUT2D eigenvalue weighted by atomic mass is 9.78. The Labute approximate surface area is 136 Å². The first-order chi connectivity index (χ1) is 10.7. The third-order valence-electron chi connectivity index (χ3n) is 4.76. The summed E-state index contributed by atoms with van der Waals surface area (Å²) in [5, 5.41) is 1.15. The van der Waals surface area contributed by atoms with E-state index in [1.165, 1.54) is 5.56 Å². The van der Waals surface area contributed by atoms with Crippen LogP contribution in [0, 0.1) is 0 Å². The van der Waals surface area contributed by atoms with Crippen molar-refractivity contribution in [3.63, 3.8) is 0 Å². The van der Waals surface area contributed by atoms with Crippen molar-refractivity contribution in [2.75, 3.05) is 0 Å². The van der Waals surface area contributed by atoms with Crippen molar-refractivity contribution in [2.24, 2.45) is 0 Å². The molecule has 2 unspecified atom stereocenters. The van der Waals surface area contributed by atoms with E-state index >= 15 is 0 Å². The van der Waals surface area contributed by atoms with Crippen molar-refractivity contribution < 1.29 is 9.15 Å². The van der Waals surface area contributed by atoms with Gasteiger partial charge >= 0.3 is 0 Å². The number of para-hydroxylation sites is 1. The predicted octanol–water partition coefficient (Wildman–Crippen LogP) is 5.61. The molecule has 0 fully saturated rings. The van der Waals surface area contributed by atoms with Gasteiger partial charge in [0.25, 0.3) is 0 Å². The van der Waals surface area contributed by atoms with Gasteiger partial charge in [0.2, 0.25) is 0 Å². The van der Waals surface area contributed by atoms with Crippen LogP contribution in [0.25, 0.3) is 17.0 Å². The van der Waals surface area contributed by atoms with Gasteiger partial charge in [-0.2, -0.15) is 0 Å². The highest BCUT2D eigenvalue weighted by Gasteiger charge is 2.50. The molecule has 2 heterocycles. The fraction of sp³-hybridized carbons (Fsp3) is 0.158. The maximum atomic E-state index is 6.34. The Kier molecular flexibility index (Phi) is 2.31. The molecule has 0 N–H and O–H groups in total. The van der Waals surface area contributed by atoms with Gasteiger partial charge in [0.15, 0.2) is 11.4 Å². The molecule has 0 spiro atoms. The molecule has 2 atom stereocenters. The lowest BCUT2D eigenvalue weighted by Crippen LogP contribution is -2.32. The summed E-state index contributed by atoms with van der Waals surface area (Å²) in [4.78, 5) is 0. The third-order valence-corrected chi connectivity index (χ3v) is 5.26. The highest BCUT2D eigenvalue weighted by Crippen LogP contribution is 2.55. The van der Waals surface area contributed by atoms with Crippen LogP contribution in [0.2, 0.25) is 0 Å². The topological polar surface area (TPSA) is 22.4 Å². The second kappa shape index (κ2) is 4.05. The van der Waals surface area contributed by atoms with E-state index in [2.05, 4.69) is 47.1 Å². The number of furan rings is 1. The molecule has 0 saturated carbocycles. The highest BCUT2D eigenvalue weighted by molar-refractivity contribution is 9.10. The lowest BCUT2D eigenvalue weighted by Gasteiger charge is -2.30. The summed E-state index contributed by atoms with van der Waals surface area (Å²) in [6.07, 6.45) is 4.41. The Balaban J connectivity index is 1.78. The second-order valence-electron chi connectivity index (χ2n) is 6.07. The molecule has 22 heavy (non-hydrogen) atoms. The third kappa shape index (κ3) is 1.45. The monoisotopic (exact) mass is 352 g/mol. The van der Waals surface area contributed by atoms with Gasteiger partial charge in [0, 0.05) is 21.0 Å². The van der Waals surface area contributed by atoms with Crippen molar-refractivity contribution in [2.45, 2.75) is 18.4 Å². The molecular weight excluding hydrogens is 340 g/mol. The van der Waals surface area contributed by atoms with Gasteiger partial charge < -0.3 is 9.15 Å². The molecule has 0 amide bonds. The Morgan fingerprint density at radius 1 is 1.14 bits per heavy atom. The number of benzene rings is 2. The highest BCUT2D eigenvalue weighted by atomic mass is 79.9. The number of rotatable bonds is 0. The van der Waals surface area contributed by atoms with Crippen LogP contribution in [0.1, 0.15) is 29.7 Å². The second-order valence-corrected chi connectivity index (χ2v) is 6.98. The summed E-state index contributed by atoms with van der Waals surface area (Å²) >= 11 is 3.56. The van der Waals surface area contributed by atoms with E-state index in [0.29, 0.717) is 0 Å². The van der Waals surface area contributed by atoms with Crippen LogP contribution in [-0.4, -0.2) is 0 Å². The van der Waals surface area contributed by atoms with Crippen LogP contribution in [0.15, 0.2) is 57.4 Å². The maximum Gasteiger partial charge on any atom is 0.174 e. The van der Waals surface area contributed by atoms with Crippen molar-refractivity contribution in [3.05, 3.63) is 69.9 Å². The lowest BCUT2D eigenvalue weighted by molar-refractivity contribution is 0.0750. The van der Waals surface area contributed by atoms with E-state index in [1.807, 2.05) is 30.3 Å². The summed E-state index contributed by atoms with van der Waals surface area (Å²) in [5.74, 6) is 2.04. The van der Waals surface area contributed by atoms with Crippen LogP contribution in [0.4, 0.5) is 0 Å². The van der Waals surface area contributed by atoms with Gasteiger partial charge in [-0.3, -0.25) is 0 Å². The minimum absolute atomic E-state index is 0.174. The molecule has 1 aliphatic heterocycles. The molecule has 3 aromatic rings. The van der Waals surface area contributed by atoms with Gasteiger partial charge in [-0.1, -0.05) is 46.3 Å². The first-order valence-electron chi connectivity index (χ1n) is 7.35. The van der Waals surface area contributed by atoms with Crippen LogP contribution in [0.3, 0.4) is 0 Å². The zero-order valence-corrected chi connectivity index (χ0v) is 13.6. The Hall–Kier alpha value is -2.00. The minimum atomic E-state index is -0.480. The molecule has 5 rings (SSSR count). The van der Waals surface area contributed by atoms with Crippen molar-refractivity contribution >= 4 is 33.0 Å². The molecule has 3 heteroatoms. The predicted molar refractivity (Wildman–Crippen MR) is 90.1 cm³/mol. The van der Waals surface area contributed by atoms with Crippen LogP contribution < -0.4 is 4.74 Å². The fourth-order valence-corrected chi connectivity index (χ4v) is 4.09. The first kappa shape index (κ1) is 12.5. The summed E-state index contributed by atoms with van der Waals surface area (Å²) in [7, 11) is 0. The molecular formula is C19H13BrO2. The first-order valence-corrected chi connectivity index (χ1v) is 8.15. The van der Waals surface area contributed by atoms with Crippen LogP contribution >= 0.6 is 15.9 Å². The number of hydrogen-bond acceptors (Lipinski definition) is 2. The minimum Gasteiger partial charge on any atom is -0.478 e. The molecule has 1 aliphatic carbocycles. The van der Waals surface area contributed by atoms with Crippen LogP contribution in [-0.2, 0) is 5.60 Å². The zero-order valence-electron chi connectivity index (χ0n) is 12.0. The average molecular weight is 353 g/mol. The van der Waals surface area contributed by atoms with Gasteiger partial charge in [0.1, 0.15) is 11.3 Å². The normalized spacial score (nSPS) is 24.7. The van der Waals surface area contributed by atoms with E-state index in [0.717, 1.165) is 32.5 Å². The van der Waals surface area contributed by atoms with E-state index < -0.39 is 5.60 Å². The summed E-state index contributed by atoms with van der Waals surface area (Å²) in [5.41, 5.74) is 2.78. The quantitative estimate of drug-likeness (QED) is 0.524.